The number of amides is 2. The topological polar surface area (TPSA) is 62.3 Å². The zero-order valence-electron chi connectivity index (χ0n) is 13.0. The van der Waals surface area contributed by atoms with Crippen molar-refractivity contribution in [1.29, 1.82) is 0 Å². The smallest absolute Gasteiger partial charge is 0.258 e. The van der Waals surface area contributed by atoms with Crippen LogP contribution in [0.25, 0.3) is 0 Å². The van der Waals surface area contributed by atoms with E-state index in [2.05, 4.69) is 10.3 Å². The first kappa shape index (κ1) is 15.1. The third kappa shape index (κ3) is 2.87. The largest absolute Gasteiger partial charge is 0.349 e. The predicted octanol–water partition coefficient (Wildman–Crippen LogP) is 2.83. The summed E-state index contributed by atoms with van der Waals surface area (Å²) in [5.41, 5.74) is 2.73. The first-order valence-electron chi connectivity index (χ1n) is 7.98. The Morgan fingerprint density at radius 2 is 2.08 bits per heavy atom. The molecule has 0 radical (unpaired) electrons. The van der Waals surface area contributed by atoms with E-state index >= 15 is 0 Å². The van der Waals surface area contributed by atoms with Gasteiger partial charge in [0.25, 0.3) is 11.8 Å². The fourth-order valence-corrected chi connectivity index (χ4v) is 3.09. The van der Waals surface area contributed by atoms with Crippen LogP contribution >= 0.6 is 11.6 Å². The summed E-state index contributed by atoms with van der Waals surface area (Å²) in [6.07, 6.45) is 5.93. The van der Waals surface area contributed by atoms with Gasteiger partial charge in [0.05, 0.1) is 17.4 Å². The number of benzene rings is 1. The molecule has 6 heteroatoms. The van der Waals surface area contributed by atoms with Crippen LogP contribution in [-0.4, -0.2) is 29.4 Å². The van der Waals surface area contributed by atoms with Crippen molar-refractivity contribution in [2.24, 2.45) is 0 Å². The molecule has 1 N–H and O–H groups in total. The molecule has 4 rings (SSSR count). The lowest BCUT2D eigenvalue weighted by Gasteiger charge is -2.28. The Morgan fingerprint density at radius 3 is 2.88 bits per heavy atom. The molecule has 0 atom stereocenters. The summed E-state index contributed by atoms with van der Waals surface area (Å²) in [4.78, 5) is 30.7. The van der Waals surface area contributed by atoms with Gasteiger partial charge in [-0.3, -0.25) is 14.6 Å². The van der Waals surface area contributed by atoms with E-state index in [0.717, 1.165) is 24.8 Å². The van der Waals surface area contributed by atoms with Gasteiger partial charge < -0.3 is 10.2 Å². The summed E-state index contributed by atoms with van der Waals surface area (Å²) in [7, 11) is 0. The lowest BCUT2D eigenvalue weighted by Crippen LogP contribution is -2.38. The van der Waals surface area contributed by atoms with Crippen LogP contribution in [0, 0.1) is 0 Å². The van der Waals surface area contributed by atoms with Gasteiger partial charge in [0.15, 0.2) is 0 Å². The predicted molar refractivity (Wildman–Crippen MR) is 91.6 cm³/mol. The number of nitrogens with one attached hydrogen (secondary N) is 1. The van der Waals surface area contributed by atoms with Gasteiger partial charge in [0.1, 0.15) is 0 Å². The van der Waals surface area contributed by atoms with Gasteiger partial charge in [-0.05, 0) is 49.1 Å². The average Bonchev–Trinajstić information content (AvgIpc) is 3.39. The molecule has 1 saturated carbocycles. The Balaban J connectivity index is 1.61. The fraction of sp³-hybridized carbons (Fsp3) is 0.278. The molecular weight excluding hydrogens is 326 g/mol. The Kier molecular flexibility index (Phi) is 3.73. The first-order valence-corrected chi connectivity index (χ1v) is 8.36. The number of carbonyl (C=O) groups is 2. The van der Waals surface area contributed by atoms with Crippen molar-refractivity contribution in [2.75, 3.05) is 11.4 Å². The first-order chi connectivity index (χ1) is 11.6. The van der Waals surface area contributed by atoms with Gasteiger partial charge in [-0.25, -0.2) is 0 Å². The molecule has 1 aliphatic heterocycles. The summed E-state index contributed by atoms with van der Waals surface area (Å²) in [5.74, 6) is -0.224. The lowest BCUT2D eigenvalue weighted by atomic mass is 9.98. The van der Waals surface area contributed by atoms with E-state index in [1.807, 2.05) is 6.07 Å². The molecule has 0 unspecified atom stereocenters. The molecule has 2 heterocycles. The number of hydrogen-bond acceptors (Lipinski definition) is 3. The maximum atomic E-state index is 12.8. The number of nitrogens with zero attached hydrogens (tertiary/aromatic N) is 2. The normalized spacial score (nSPS) is 16.7. The molecule has 5 nitrogen and oxygen atoms in total. The number of halogens is 1. The molecule has 2 amide bonds. The van der Waals surface area contributed by atoms with E-state index in [9.17, 15) is 9.59 Å². The van der Waals surface area contributed by atoms with Crippen molar-refractivity contribution in [1.82, 2.24) is 10.3 Å². The lowest BCUT2D eigenvalue weighted by molar-refractivity contribution is 0.0947. The summed E-state index contributed by atoms with van der Waals surface area (Å²) in [6, 6.07) is 7.32. The highest BCUT2D eigenvalue weighted by molar-refractivity contribution is 6.30. The Labute approximate surface area is 144 Å². The van der Waals surface area contributed by atoms with Crippen LogP contribution in [0.2, 0.25) is 5.02 Å². The van der Waals surface area contributed by atoms with Gasteiger partial charge in [-0.2, -0.15) is 0 Å². The van der Waals surface area contributed by atoms with Crippen LogP contribution in [0.5, 0.6) is 0 Å². The van der Waals surface area contributed by atoms with E-state index in [-0.39, 0.29) is 17.9 Å². The fourth-order valence-electron chi connectivity index (χ4n) is 2.90. The van der Waals surface area contributed by atoms with Gasteiger partial charge in [-0.1, -0.05) is 11.6 Å². The van der Waals surface area contributed by atoms with E-state index < -0.39 is 0 Å². The maximum absolute atomic E-state index is 12.8. The third-order valence-corrected chi connectivity index (χ3v) is 4.59. The standard InChI is InChI=1S/C18H16ClN3O2/c19-13-1-4-16-11(7-13)5-6-22(18(16)24)15-8-12(9-20-10-15)17(23)21-14-2-3-14/h1,4,7-10,14H,2-3,5-6H2,(H,21,23). The van der Waals surface area contributed by atoms with Crippen molar-refractivity contribution in [3.8, 4) is 0 Å². The van der Waals surface area contributed by atoms with Crippen LogP contribution < -0.4 is 10.2 Å². The molecule has 0 bridgehead atoms. The monoisotopic (exact) mass is 341 g/mol. The number of hydrogen-bond donors (Lipinski definition) is 1. The number of rotatable bonds is 3. The minimum atomic E-state index is -0.136. The second kappa shape index (κ2) is 5.91. The second-order valence-corrected chi connectivity index (χ2v) is 6.62. The molecule has 1 fully saturated rings. The molecule has 24 heavy (non-hydrogen) atoms. The molecule has 2 aliphatic rings. The van der Waals surface area contributed by atoms with Crippen molar-refractivity contribution < 1.29 is 9.59 Å². The van der Waals surface area contributed by atoms with Crippen LogP contribution in [0.15, 0.2) is 36.7 Å². The molecule has 0 spiro atoms. The maximum Gasteiger partial charge on any atom is 0.258 e. The highest BCUT2D eigenvalue weighted by atomic mass is 35.5. The van der Waals surface area contributed by atoms with Crippen LogP contribution in [0.1, 0.15) is 39.1 Å². The van der Waals surface area contributed by atoms with Crippen LogP contribution in [0.4, 0.5) is 5.69 Å². The number of fused-ring (bicyclic) bond motifs is 1. The minimum Gasteiger partial charge on any atom is -0.349 e. The van der Waals surface area contributed by atoms with Gasteiger partial charge in [0, 0.05) is 29.4 Å². The number of carbonyl (C=O) groups excluding carboxylic acids is 2. The zero-order valence-corrected chi connectivity index (χ0v) is 13.7. The third-order valence-electron chi connectivity index (χ3n) is 4.36. The second-order valence-electron chi connectivity index (χ2n) is 6.19. The van der Waals surface area contributed by atoms with Crippen molar-refractivity contribution >= 4 is 29.1 Å². The summed E-state index contributed by atoms with van der Waals surface area (Å²) in [5, 5.41) is 3.57. The molecular formula is C18H16ClN3O2. The van der Waals surface area contributed by atoms with Gasteiger partial charge in [-0.15, -0.1) is 0 Å². The molecule has 2 aromatic rings. The van der Waals surface area contributed by atoms with Crippen LogP contribution in [-0.2, 0) is 6.42 Å². The zero-order chi connectivity index (χ0) is 16.7. The minimum absolute atomic E-state index is 0.0885. The van der Waals surface area contributed by atoms with Crippen molar-refractivity contribution in [2.45, 2.75) is 25.3 Å². The molecule has 1 aromatic carbocycles. The highest BCUT2D eigenvalue weighted by Crippen LogP contribution is 2.27. The van der Waals surface area contributed by atoms with Gasteiger partial charge in [0.2, 0.25) is 0 Å². The van der Waals surface area contributed by atoms with E-state index in [0.29, 0.717) is 28.4 Å². The quantitative estimate of drug-likeness (QED) is 0.933. The van der Waals surface area contributed by atoms with Crippen LogP contribution in [0.3, 0.4) is 0 Å². The number of pyridine rings is 1. The van der Waals surface area contributed by atoms with E-state index in [1.54, 1.807) is 29.3 Å². The van der Waals surface area contributed by atoms with E-state index in [4.69, 9.17) is 11.6 Å². The Hall–Kier alpha value is -2.40. The average molecular weight is 342 g/mol. The summed E-state index contributed by atoms with van der Waals surface area (Å²) >= 11 is 6.00. The molecule has 1 aromatic heterocycles. The van der Waals surface area contributed by atoms with Crippen molar-refractivity contribution in [3.05, 3.63) is 58.4 Å². The Bertz CT molecular complexity index is 833. The molecule has 0 saturated heterocycles. The highest BCUT2D eigenvalue weighted by Gasteiger charge is 2.27. The molecule has 122 valence electrons. The molecule has 1 aliphatic carbocycles. The SMILES string of the molecule is O=C(NC1CC1)c1cncc(N2CCc3cc(Cl)ccc3C2=O)c1. The van der Waals surface area contributed by atoms with Crippen molar-refractivity contribution in [3.63, 3.8) is 0 Å². The number of aromatic nitrogens is 1. The summed E-state index contributed by atoms with van der Waals surface area (Å²) < 4.78 is 0. The number of anilines is 1. The van der Waals surface area contributed by atoms with Gasteiger partial charge >= 0.3 is 0 Å². The Morgan fingerprint density at radius 1 is 1.25 bits per heavy atom. The van der Waals surface area contributed by atoms with E-state index in [1.165, 1.54) is 6.20 Å². The summed E-state index contributed by atoms with van der Waals surface area (Å²) in [6.45, 7) is 0.543.